The number of rotatable bonds is 5. The molecule has 2 rings (SSSR count). The van der Waals surface area contributed by atoms with E-state index < -0.39 is 22.4 Å². The van der Waals surface area contributed by atoms with Gasteiger partial charge >= 0.3 is 6.18 Å². The van der Waals surface area contributed by atoms with Crippen LogP contribution >= 0.6 is 0 Å². The van der Waals surface area contributed by atoms with Crippen molar-refractivity contribution >= 4 is 17.3 Å². The molecule has 0 spiro atoms. The molecule has 1 saturated heterocycles. The van der Waals surface area contributed by atoms with Crippen molar-refractivity contribution in [3.05, 3.63) is 33.9 Å². The molecule has 1 aromatic rings. The molecule has 1 heterocycles. The molecular weight excluding hydrogens is 351 g/mol. The molecule has 1 amide bonds. The van der Waals surface area contributed by atoms with Gasteiger partial charge in [-0.05, 0) is 30.9 Å². The summed E-state index contributed by atoms with van der Waals surface area (Å²) in [4.78, 5) is 24.2. The van der Waals surface area contributed by atoms with Gasteiger partial charge in [0.15, 0.2) is 0 Å². The van der Waals surface area contributed by atoms with Crippen LogP contribution in [0.25, 0.3) is 0 Å². The highest BCUT2D eigenvalue weighted by molar-refractivity contribution is 5.79. The van der Waals surface area contributed by atoms with E-state index in [1.54, 1.807) is 4.90 Å². The average molecular weight is 373 g/mol. The van der Waals surface area contributed by atoms with E-state index in [0.717, 1.165) is 12.1 Å². The quantitative estimate of drug-likeness (QED) is 0.632. The van der Waals surface area contributed by atoms with E-state index in [-0.39, 0.29) is 17.5 Å². The van der Waals surface area contributed by atoms with Crippen molar-refractivity contribution in [1.82, 2.24) is 5.32 Å². The van der Waals surface area contributed by atoms with Crippen LogP contribution < -0.4 is 10.2 Å². The molecule has 9 heteroatoms. The van der Waals surface area contributed by atoms with Crippen molar-refractivity contribution in [2.75, 3.05) is 24.5 Å². The van der Waals surface area contributed by atoms with Gasteiger partial charge < -0.3 is 10.2 Å². The minimum Gasteiger partial charge on any atom is -0.366 e. The normalized spacial score (nSPS) is 16.0. The zero-order valence-corrected chi connectivity index (χ0v) is 14.7. The molecule has 0 radical (unpaired) electrons. The van der Waals surface area contributed by atoms with Gasteiger partial charge in [-0.25, -0.2) is 0 Å². The number of carbonyl (C=O) groups is 1. The summed E-state index contributed by atoms with van der Waals surface area (Å²) in [6, 6.07) is 2.56. The number of hydrogen-bond acceptors (Lipinski definition) is 4. The number of nitrogens with zero attached hydrogens (tertiary/aromatic N) is 2. The van der Waals surface area contributed by atoms with Crippen LogP contribution in [0.3, 0.4) is 0 Å². The Morgan fingerprint density at radius 1 is 1.35 bits per heavy atom. The predicted octanol–water partition coefficient (Wildman–Crippen LogP) is 3.60. The van der Waals surface area contributed by atoms with Crippen LogP contribution in [0.1, 0.15) is 32.3 Å². The fraction of sp³-hybridized carbons (Fsp3) is 0.588. The van der Waals surface area contributed by atoms with Crippen molar-refractivity contribution < 1.29 is 22.9 Å². The molecule has 0 unspecified atom stereocenters. The lowest BCUT2D eigenvalue weighted by Gasteiger charge is -2.32. The lowest BCUT2D eigenvalue weighted by Crippen LogP contribution is -2.41. The lowest BCUT2D eigenvalue weighted by atomic mass is 9.95. The van der Waals surface area contributed by atoms with Crippen LogP contribution in [-0.4, -0.2) is 30.5 Å². The van der Waals surface area contributed by atoms with Gasteiger partial charge in [-0.15, -0.1) is 0 Å². The summed E-state index contributed by atoms with van der Waals surface area (Å²) in [6.45, 7) is 5.33. The first-order chi connectivity index (χ1) is 12.1. The van der Waals surface area contributed by atoms with Gasteiger partial charge in [0.1, 0.15) is 5.69 Å². The molecule has 1 aliphatic rings. The Morgan fingerprint density at radius 3 is 2.46 bits per heavy atom. The molecule has 1 aromatic carbocycles. The fourth-order valence-electron chi connectivity index (χ4n) is 2.95. The monoisotopic (exact) mass is 373 g/mol. The Bertz CT molecular complexity index is 669. The number of carbonyl (C=O) groups excluding carboxylic acids is 1. The molecule has 6 nitrogen and oxygen atoms in total. The second-order valence-corrected chi connectivity index (χ2v) is 6.86. The molecule has 1 N–H and O–H groups in total. The molecule has 0 atom stereocenters. The highest BCUT2D eigenvalue weighted by Gasteiger charge is 2.34. The van der Waals surface area contributed by atoms with E-state index in [2.05, 4.69) is 5.32 Å². The lowest BCUT2D eigenvalue weighted by molar-refractivity contribution is -0.384. The molecule has 0 aromatic heterocycles. The molecule has 1 fully saturated rings. The largest absolute Gasteiger partial charge is 0.416 e. The summed E-state index contributed by atoms with van der Waals surface area (Å²) in [5, 5.41) is 14.1. The van der Waals surface area contributed by atoms with Crippen LogP contribution in [-0.2, 0) is 11.0 Å². The van der Waals surface area contributed by atoms with E-state index >= 15 is 0 Å². The van der Waals surface area contributed by atoms with Gasteiger partial charge in [-0.1, -0.05) is 13.8 Å². The van der Waals surface area contributed by atoms with E-state index in [4.69, 9.17) is 0 Å². The van der Waals surface area contributed by atoms with Crippen LogP contribution in [0.5, 0.6) is 0 Å². The summed E-state index contributed by atoms with van der Waals surface area (Å²) < 4.78 is 38.4. The summed E-state index contributed by atoms with van der Waals surface area (Å²) in [5.41, 5.74) is -1.46. The first kappa shape index (κ1) is 20.0. The maximum atomic E-state index is 12.8. The smallest absolute Gasteiger partial charge is 0.366 e. The Labute approximate surface area is 149 Å². The number of nitro groups is 1. The van der Waals surface area contributed by atoms with Crippen LogP contribution in [0, 0.1) is 22.0 Å². The number of halogens is 3. The molecule has 1 aliphatic heterocycles. The van der Waals surface area contributed by atoms with E-state index in [1.165, 1.54) is 0 Å². The summed E-state index contributed by atoms with van der Waals surface area (Å²) >= 11 is 0. The molecule has 0 saturated carbocycles. The third kappa shape index (κ3) is 4.86. The van der Waals surface area contributed by atoms with Crippen molar-refractivity contribution in [3.8, 4) is 0 Å². The highest BCUT2D eigenvalue weighted by atomic mass is 19.4. The molecule has 26 heavy (non-hydrogen) atoms. The van der Waals surface area contributed by atoms with E-state index in [1.807, 2.05) is 13.8 Å². The number of benzene rings is 1. The Kier molecular flexibility index (Phi) is 6.09. The molecule has 0 bridgehead atoms. The number of piperidine rings is 1. The molecule has 0 aliphatic carbocycles. The number of hydrogen-bond donors (Lipinski definition) is 1. The van der Waals surface area contributed by atoms with Crippen molar-refractivity contribution in [3.63, 3.8) is 0 Å². The van der Waals surface area contributed by atoms with Gasteiger partial charge in [0.25, 0.3) is 5.69 Å². The minimum absolute atomic E-state index is 0.0414. The van der Waals surface area contributed by atoms with Crippen molar-refractivity contribution in [2.45, 2.75) is 32.9 Å². The third-order valence-electron chi connectivity index (χ3n) is 4.39. The van der Waals surface area contributed by atoms with Gasteiger partial charge in [0.05, 0.1) is 10.5 Å². The van der Waals surface area contributed by atoms with Gasteiger partial charge in [0.2, 0.25) is 5.91 Å². The van der Waals surface area contributed by atoms with Crippen molar-refractivity contribution in [1.29, 1.82) is 0 Å². The summed E-state index contributed by atoms with van der Waals surface area (Å²) in [5.74, 6) is 0.118. The summed E-state index contributed by atoms with van der Waals surface area (Å²) in [6.07, 6.45) is -3.63. The predicted molar refractivity (Wildman–Crippen MR) is 90.9 cm³/mol. The fourth-order valence-corrected chi connectivity index (χ4v) is 2.95. The standard InChI is InChI=1S/C17H22F3N3O3/c1-11(2)10-21-16(24)12-5-7-22(8-6-12)14-4-3-13(17(18,19)20)9-15(14)23(25)26/h3-4,9,11-12H,5-8,10H2,1-2H3,(H,21,24). The maximum Gasteiger partial charge on any atom is 0.416 e. The van der Waals surface area contributed by atoms with Crippen LogP contribution in [0.4, 0.5) is 24.5 Å². The zero-order chi connectivity index (χ0) is 19.5. The zero-order valence-electron chi connectivity index (χ0n) is 14.7. The van der Waals surface area contributed by atoms with Crippen LogP contribution in [0.15, 0.2) is 18.2 Å². The number of amides is 1. The van der Waals surface area contributed by atoms with E-state index in [0.29, 0.717) is 44.5 Å². The van der Waals surface area contributed by atoms with Gasteiger partial charge in [-0.3, -0.25) is 14.9 Å². The number of alkyl halides is 3. The topological polar surface area (TPSA) is 75.5 Å². The Morgan fingerprint density at radius 2 is 1.96 bits per heavy atom. The number of nitrogens with one attached hydrogen (secondary N) is 1. The Balaban J connectivity index is 2.09. The third-order valence-corrected chi connectivity index (χ3v) is 4.39. The number of anilines is 1. The first-order valence-corrected chi connectivity index (χ1v) is 8.48. The maximum absolute atomic E-state index is 12.8. The first-order valence-electron chi connectivity index (χ1n) is 8.48. The second-order valence-electron chi connectivity index (χ2n) is 6.86. The molecule has 144 valence electrons. The highest BCUT2D eigenvalue weighted by Crippen LogP contribution is 2.37. The average Bonchev–Trinajstić information content (AvgIpc) is 2.58. The number of nitro benzene ring substituents is 1. The second kappa shape index (κ2) is 7.92. The van der Waals surface area contributed by atoms with Crippen LogP contribution in [0.2, 0.25) is 0 Å². The van der Waals surface area contributed by atoms with Gasteiger partial charge in [0, 0.05) is 31.6 Å². The summed E-state index contributed by atoms with van der Waals surface area (Å²) in [7, 11) is 0. The van der Waals surface area contributed by atoms with Crippen molar-refractivity contribution in [2.24, 2.45) is 11.8 Å². The SMILES string of the molecule is CC(C)CNC(=O)C1CCN(c2ccc(C(F)(F)F)cc2[N+](=O)[O-])CC1. The minimum atomic E-state index is -4.63. The Hall–Kier alpha value is -2.32. The van der Waals surface area contributed by atoms with E-state index in [9.17, 15) is 28.1 Å². The molecular formula is C17H22F3N3O3. The van der Waals surface area contributed by atoms with Gasteiger partial charge in [-0.2, -0.15) is 13.2 Å².